The average molecular weight is 354 g/mol. The smallest absolute Gasteiger partial charge is 0.194 e. The fraction of sp³-hybridized carbons (Fsp3) is 0.696. The first-order chi connectivity index (χ1) is 12.3. The van der Waals surface area contributed by atoms with Crippen LogP contribution in [0.5, 0.6) is 0 Å². The maximum absolute atomic E-state index is 11.7. The number of carbonyl (C=O) groups excluding carboxylic acids is 1. The zero-order chi connectivity index (χ0) is 18.3. The molecule has 0 saturated heterocycles. The Kier molecular flexibility index (Phi) is 3.45. The van der Waals surface area contributed by atoms with Gasteiger partial charge < -0.3 is 9.52 Å². The van der Waals surface area contributed by atoms with Crippen molar-refractivity contribution in [3.05, 3.63) is 35.3 Å². The third-order valence-electron chi connectivity index (χ3n) is 8.76. The quantitative estimate of drug-likeness (QED) is 0.593. The summed E-state index contributed by atoms with van der Waals surface area (Å²) in [6, 6.07) is 2.00. The van der Waals surface area contributed by atoms with Gasteiger partial charge in [0.1, 0.15) is 5.76 Å². The fourth-order valence-corrected chi connectivity index (χ4v) is 7.10. The van der Waals surface area contributed by atoms with E-state index in [4.69, 9.17) is 4.42 Å². The molecule has 2 saturated carbocycles. The van der Waals surface area contributed by atoms with Crippen LogP contribution in [0, 0.1) is 34.5 Å². The van der Waals surface area contributed by atoms with Crippen molar-refractivity contribution >= 4 is 5.78 Å². The highest BCUT2D eigenvalue weighted by molar-refractivity contribution is 5.91. The van der Waals surface area contributed by atoms with E-state index in [1.807, 2.05) is 6.07 Å². The number of fused-ring (bicyclic) bond motifs is 6. The van der Waals surface area contributed by atoms with Gasteiger partial charge in [-0.1, -0.05) is 26.0 Å². The van der Waals surface area contributed by atoms with E-state index in [2.05, 4.69) is 26.0 Å². The molecule has 0 spiro atoms. The van der Waals surface area contributed by atoms with Crippen LogP contribution in [0.1, 0.15) is 68.3 Å². The second kappa shape index (κ2) is 5.34. The van der Waals surface area contributed by atoms with Crippen LogP contribution in [0.4, 0.5) is 0 Å². The van der Waals surface area contributed by atoms with Crippen molar-refractivity contribution in [3.8, 4) is 0 Å². The Morgan fingerprint density at radius 2 is 1.92 bits per heavy atom. The van der Waals surface area contributed by atoms with E-state index in [1.165, 1.54) is 12.0 Å². The second-order valence-electron chi connectivity index (χ2n) is 9.92. The molecule has 5 rings (SSSR count). The lowest BCUT2D eigenvalue weighted by molar-refractivity contribution is -0.0689. The minimum absolute atomic E-state index is 0.0225. The molecule has 0 radical (unpaired) electrons. The van der Waals surface area contributed by atoms with Crippen molar-refractivity contribution in [1.29, 1.82) is 0 Å². The summed E-state index contributed by atoms with van der Waals surface area (Å²) in [5.41, 5.74) is 1.59. The number of aliphatic hydroxyl groups excluding tert-OH is 1. The molecular formula is C23H30O3. The zero-order valence-electron chi connectivity index (χ0n) is 16.1. The summed E-state index contributed by atoms with van der Waals surface area (Å²) in [6.45, 7) is 6.38. The number of carbonyl (C=O) groups is 1. The maximum Gasteiger partial charge on any atom is 0.194 e. The molecule has 7 atom stereocenters. The molecular weight excluding hydrogens is 324 g/mol. The van der Waals surface area contributed by atoms with E-state index >= 15 is 0 Å². The summed E-state index contributed by atoms with van der Waals surface area (Å²) in [7, 11) is 0. The number of rotatable bonds is 1. The first-order valence-electron chi connectivity index (χ1n) is 10.3. The number of hydrogen-bond donors (Lipinski definition) is 1. The lowest BCUT2D eigenvalue weighted by atomic mass is 9.47. The van der Waals surface area contributed by atoms with Crippen molar-refractivity contribution in [3.63, 3.8) is 0 Å². The second-order valence-corrected chi connectivity index (χ2v) is 9.92. The van der Waals surface area contributed by atoms with Gasteiger partial charge in [0.05, 0.1) is 6.10 Å². The third kappa shape index (κ3) is 2.07. The molecule has 1 aromatic heterocycles. The monoisotopic (exact) mass is 354 g/mol. The SMILES string of the molecule is CC(=O)c1cc2c(o1)C[C@@H]1C=CC3C4CC[C@H](O)[C@@]4(C)CCC3[C@@]1(C)C2. The van der Waals surface area contributed by atoms with Crippen LogP contribution < -0.4 is 0 Å². The summed E-state index contributed by atoms with van der Waals surface area (Å²) in [5.74, 6) is 3.94. The number of aliphatic hydroxyl groups is 1. The van der Waals surface area contributed by atoms with Gasteiger partial charge in [0.15, 0.2) is 11.5 Å². The van der Waals surface area contributed by atoms with Gasteiger partial charge in [-0.15, -0.1) is 0 Å². The Labute approximate surface area is 155 Å². The summed E-state index contributed by atoms with van der Waals surface area (Å²) in [5, 5.41) is 10.6. The molecule has 0 amide bonds. The Hall–Kier alpha value is -1.35. The number of hydrogen-bond acceptors (Lipinski definition) is 3. The van der Waals surface area contributed by atoms with Gasteiger partial charge >= 0.3 is 0 Å². The predicted octanol–water partition coefficient (Wildman–Crippen LogP) is 4.58. The highest BCUT2D eigenvalue weighted by Crippen LogP contribution is 2.63. The van der Waals surface area contributed by atoms with E-state index in [-0.39, 0.29) is 22.7 Å². The van der Waals surface area contributed by atoms with Gasteiger partial charge in [0.25, 0.3) is 0 Å². The average Bonchev–Trinajstić information content (AvgIpc) is 3.13. The molecule has 1 heterocycles. The zero-order valence-corrected chi connectivity index (χ0v) is 16.1. The van der Waals surface area contributed by atoms with E-state index in [9.17, 15) is 9.90 Å². The summed E-state index contributed by atoms with van der Waals surface area (Å²) in [6.07, 6.45) is 11.2. The molecule has 140 valence electrons. The first kappa shape index (κ1) is 16.8. The third-order valence-corrected chi connectivity index (χ3v) is 8.76. The van der Waals surface area contributed by atoms with Crippen LogP contribution in [0.15, 0.2) is 22.6 Å². The Morgan fingerprint density at radius 3 is 2.69 bits per heavy atom. The van der Waals surface area contributed by atoms with E-state index in [0.29, 0.717) is 29.4 Å². The molecule has 3 unspecified atom stereocenters. The van der Waals surface area contributed by atoms with Crippen molar-refractivity contribution in [2.45, 2.75) is 65.4 Å². The van der Waals surface area contributed by atoms with Crippen LogP contribution in [-0.2, 0) is 12.8 Å². The minimum Gasteiger partial charge on any atom is -0.458 e. The standard InChI is InChI=1S/C23H30O3/c1-13(24)19-10-14-12-23(3)15(11-20(14)26-19)4-5-16-17-6-7-21(25)22(17,2)9-8-18(16)23/h4-5,10,15-18,21,25H,6-9,11-12H2,1-3H3/t15-,16?,17?,18?,21-,22-,23-/m0/s1. The van der Waals surface area contributed by atoms with Crippen molar-refractivity contribution in [1.82, 2.24) is 0 Å². The maximum atomic E-state index is 11.7. The number of furan rings is 1. The predicted molar refractivity (Wildman–Crippen MR) is 99.9 cm³/mol. The number of Topliss-reactive ketones (excluding diaryl/α,β-unsaturated/α-hetero) is 1. The lowest BCUT2D eigenvalue weighted by Crippen LogP contribution is -2.52. The molecule has 0 bridgehead atoms. The summed E-state index contributed by atoms with van der Waals surface area (Å²) < 4.78 is 5.88. The summed E-state index contributed by atoms with van der Waals surface area (Å²) in [4.78, 5) is 11.7. The van der Waals surface area contributed by atoms with E-state index in [0.717, 1.165) is 37.9 Å². The van der Waals surface area contributed by atoms with Crippen LogP contribution in [0.3, 0.4) is 0 Å². The molecule has 2 fully saturated rings. The van der Waals surface area contributed by atoms with Gasteiger partial charge in [-0.2, -0.15) is 0 Å². The highest BCUT2D eigenvalue weighted by Gasteiger charge is 2.59. The lowest BCUT2D eigenvalue weighted by Gasteiger charge is -2.57. The van der Waals surface area contributed by atoms with Crippen LogP contribution in [-0.4, -0.2) is 17.0 Å². The Bertz CT molecular complexity index is 789. The minimum atomic E-state index is -0.127. The van der Waals surface area contributed by atoms with Gasteiger partial charge in [-0.3, -0.25) is 4.79 Å². The molecule has 4 aliphatic rings. The molecule has 0 aliphatic heterocycles. The Morgan fingerprint density at radius 1 is 1.15 bits per heavy atom. The topological polar surface area (TPSA) is 50.4 Å². The van der Waals surface area contributed by atoms with Crippen LogP contribution in [0.25, 0.3) is 0 Å². The van der Waals surface area contributed by atoms with Crippen LogP contribution in [0.2, 0.25) is 0 Å². The van der Waals surface area contributed by atoms with Crippen molar-refractivity contribution < 1.29 is 14.3 Å². The van der Waals surface area contributed by atoms with Gasteiger partial charge in [0.2, 0.25) is 0 Å². The van der Waals surface area contributed by atoms with Gasteiger partial charge in [-0.05, 0) is 78.2 Å². The largest absolute Gasteiger partial charge is 0.458 e. The summed E-state index contributed by atoms with van der Waals surface area (Å²) >= 11 is 0. The van der Waals surface area contributed by atoms with Gasteiger partial charge in [-0.25, -0.2) is 0 Å². The Balaban J connectivity index is 1.51. The number of allylic oxidation sites excluding steroid dienone is 2. The molecule has 4 aliphatic carbocycles. The fourth-order valence-electron chi connectivity index (χ4n) is 7.10. The molecule has 0 aromatic carbocycles. The van der Waals surface area contributed by atoms with Crippen LogP contribution >= 0.6 is 0 Å². The number of ketones is 1. The van der Waals surface area contributed by atoms with E-state index in [1.54, 1.807) is 6.92 Å². The molecule has 1 N–H and O–H groups in total. The molecule has 26 heavy (non-hydrogen) atoms. The van der Waals surface area contributed by atoms with Crippen molar-refractivity contribution in [2.24, 2.45) is 34.5 Å². The van der Waals surface area contributed by atoms with E-state index < -0.39 is 0 Å². The molecule has 3 heteroatoms. The molecule has 3 nitrogen and oxygen atoms in total. The van der Waals surface area contributed by atoms with Gasteiger partial charge in [0, 0.05) is 13.3 Å². The molecule has 1 aromatic rings. The highest BCUT2D eigenvalue weighted by atomic mass is 16.3. The normalized spacial score (nSPS) is 46.2. The first-order valence-corrected chi connectivity index (χ1v) is 10.3. The van der Waals surface area contributed by atoms with Crippen molar-refractivity contribution in [2.75, 3.05) is 0 Å².